The van der Waals surface area contributed by atoms with Crippen molar-refractivity contribution in [2.75, 3.05) is 39.1 Å². The summed E-state index contributed by atoms with van der Waals surface area (Å²) < 4.78 is 17.6. The number of phenols is 2. The SMILES string of the molecule is COc1cccc2c1C(=O)c1c(O)c3c(c(O)c1C2=O)C[C@@](O)(C(=O)CO)C[C@@H]3O[C@H]1C[C@H](NCCCN2C(=O)CC(SCCC(=O)N[C@@H](CCCCN)C(=O)O)C2=O)[C@H](O)[C@H](C)O1. The molecular weight excluding hydrogens is 861 g/mol. The Kier molecular flexibility index (Phi) is 15.5. The summed E-state index contributed by atoms with van der Waals surface area (Å²) in [5, 5.41) is 70.3. The number of rotatable bonds is 20. The summed E-state index contributed by atoms with van der Waals surface area (Å²) in [6.07, 6.45) is -4.26. The molecule has 2 fully saturated rings. The summed E-state index contributed by atoms with van der Waals surface area (Å²) in [6.45, 7) is 1.16. The molecule has 20 nitrogen and oxygen atoms in total. The molecule has 6 rings (SSSR count). The smallest absolute Gasteiger partial charge is 0.326 e. The molecule has 4 aliphatic rings. The van der Waals surface area contributed by atoms with Gasteiger partial charge in [0.15, 0.2) is 17.9 Å². The van der Waals surface area contributed by atoms with Crippen LogP contribution in [0.15, 0.2) is 18.2 Å². The number of fused-ring (bicyclic) bond motifs is 3. The zero-order chi connectivity index (χ0) is 46.6. The maximum Gasteiger partial charge on any atom is 0.326 e. The van der Waals surface area contributed by atoms with E-state index >= 15 is 0 Å². The van der Waals surface area contributed by atoms with Gasteiger partial charge in [-0.2, -0.15) is 0 Å². The van der Waals surface area contributed by atoms with E-state index in [1.54, 1.807) is 6.92 Å². The summed E-state index contributed by atoms with van der Waals surface area (Å²) >= 11 is 1.14. The number of aromatic hydroxyl groups is 2. The lowest BCUT2D eigenvalue weighted by Gasteiger charge is -2.43. The minimum Gasteiger partial charge on any atom is -0.507 e. The molecule has 0 aromatic heterocycles. The number of aliphatic hydroxyl groups excluding tert-OH is 2. The average molecular weight is 915 g/mol. The van der Waals surface area contributed by atoms with Crippen molar-refractivity contribution in [3.05, 3.63) is 51.6 Å². The highest BCUT2D eigenvalue weighted by Crippen LogP contribution is 2.52. The van der Waals surface area contributed by atoms with Crippen LogP contribution in [0, 0.1) is 0 Å². The lowest BCUT2D eigenvalue weighted by Crippen LogP contribution is -2.55. The van der Waals surface area contributed by atoms with E-state index in [2.05, 4.69) is 10.6 Å². The lowest BCUT2D eigenvalue weighted by atomic mass is 9.72. The van der Waals surface area contributed by atoms with Gasteiger partial charge in [-0.3, -0.25) is 33.7 Å². The number of ketones is 3. The third-order valence-electron chi connectivity index (χ3n) is 12.2. The molecule has 10 N–H and O–H groups in total. The van der Waals surface area contributed by atoms with Crippen LogP contribution in [0.25, 0.3) is 0 Å². The molecular formula is C43H54N4O16S. The van der Waals surface area contributed by atoms with Gasteiger partial charge < -0.3 is 61.2 Å². The van der Waals surface area contributed by atoms with E-state index in [1.807, 2.05) is 0 Å². The Bertz CT molecular complexity index is 2190. The molecule has 64 heavy (non-hydrogen) atoms. The molecule has 3 amide bonds. The van der Waals surface area contributed by atoms with Gasteiger partial charge in [0, 0.05) is 67.1 Å². The molecule has 2 saturated heterocycles. The van der Waals surface area contributed by atoms with E-state index in [-0.39, 0.29) is 84.9 Å². The van der Waals surface area contributed by atoms with Crippen LogP contribution in [-0.4, -0.2) is 157 Å². The third kappa shape index (κ3) is 9.81. The number of likely N-dealkylation sites (tertiary alicyclic amines) is 1. The molecule has 2 aliphatic carbocycles. The van der Waals surface area contributed by atoms with Crippen molar-refractivity contribution in [3.63, 3.8) is 0 Å². The minimum atomic E-state index is -2.35. The fourth-order valence-electron chi connectivity index (χ4n) is 8.77. The van der Waals surface area contributed by atoms with Gasteiger partial charge in [0.1, 0.15) is 35.5 Å². The zero-order valence-corrected chi connectivity index (χ0v) is 36.2. The van der Waals surface area contributed by atoms with Crippen molar-refractivity contribution in [2.45, 2.75) is 112 Å². The Hall–Kier alpha value is -5.00. The van der Waals surface area contributed by atoms with Gasteiger partial charge in [-0.1, -0.05) is 12.1 Å². The van der Waals surface area contributed by atoms with Crippen LogP contribution in [-0.2, 0) is 39.9 Å². The van der Waals surface area contributed by atoms with Crippen molar-refractivity contribution < 1.29 is 78.4 Å². The Labute approximate surface area is 371 Å². The van der Waals surface area contributed by atoms with E-state index in [0.717, 1.165) is 16.7 Å². The standard InChI is InChI=1S/C43H54N4O16S/c1-20-36(52)24(45-12-6-13-47-30(51)16-27(41(47)57)64-14-10-29(50)46-23(42(58)59)8-3-4-11-44)15-31(62-20)63-26-18-43(60,28(49)19-48)17-22-33(26)40(56)35-34(38(22)54)37(53)21-7-5-9-25(61-2)32(21)39(35)55/h5,7,9,20,23-24,26-27,31,36,45,48,52,54,56,60H,3-4,6,8,10-19,44H2,1-2H3,(H,46,50)(H,58,59)/t20-,23-,24-,26-,27?,31-,36+,43-/m0/s1. The number of amides is 3. The van der Waals surface area contributed by atoms with Crippen LogP contribution in [0.4, 0.5) is 0 Å². The molecule has 0 bridgehead atoms. The largest absolute Gasteiger partial charge is 0.507 e. The fourth-order valence-corrected chi connectivity index (χ4v) is 9.89. The maximum atomic E-state index is 14.0. The second-order valence-corrected chi connectivity index (χ2v) is 17.7. The first-order valence-electron chi connectivity index (χ1n) is 21.1. The topological polar surface area (TPSA) is 322 Å². The summed E-state index contributed by atoms with van der Waals surface area (Å²) in [5.41, 5.74) is 1.38. The number of ether oxygens (including phenoxy) is 3. The van der Waals surface area contributed by atoms with E-state index in [4.69, 9.17) is 19.9 Å². The summed E-state index contributed by atoms with van der Waals surface area (Å²) in [4.78, 5) is 91.8. The summed E-state index contributed by atoms with van der Waals surface area (Å²) in [5.74, 6) is -6.35. The Balaban J connectivity index is 1.09. The highest BCUT2D eigenvalue weighted by atomic mass is 32.2. The number of aliphatic hydroxyl groups is 3. The number of carboxylic acid groups (broad SMARTS) is 1. The molecule has 0 radical (unpaired) electrons. The first-order chi connectivity index (χ1) is 30.5. The molecule has 2 aromatic rings. The van der Waals surface area contributed by atoms with Crippen molar-refractivity contribution in [1.29, 1.82) is 0 Å². The molecule has 2 aromatic carbocycles. The fraction of sp³-hybridized carbons (Fsp3) is 0.558. The summed E-state index contributed by atoms with van der Waals surface area (Å²) in [7, 11) is 1.30. The maximum absolute atomic E-state index is 14.0. The Morgan fingerprint density at radius 2 is 1.80 bits per heavy atom. The number of nitrogens with two attached hydrogens (primary N) is 1. The lowest BCUT2D eigenvalue weighted by molar-refractivity contribution is -0.249. The van der Waals surface area contributed by atoms with E-state index in [1.165, 1.54) is 25.3 Å². The van der Waals surface area contributed by atoms with E-state index in [0.29, 0.717) is 19.4 Å². The number of nitrogens with zero attached hydrogens (tertiary/aromatic N) is 1. The number of carbonyl (C=O) groups is 7. The molecule has 1 unspecified atom stereocenters. The molecule has 348 valence electrons. The predicted molar refractivity (Wildman–Crippen MR) is 225 cm³/mol. The van der Waals surface area contributed by atoms with Gasteiger partial charge in [0.05, 0.1) is 47.4 Å². The van der Waals surface area contributed by atoms with Crippen LogP contribution in [0.2, 0.25) is 0 Å². The van der Waals surface area contributed by atoms with Crippen LogP contribution in [0.1, 0.15) is 107 Å². The summed E-state index contributed by atoms with van der Waals surface area (Å²) in [6, 6.07) is 2.54. The Morgan fingerprint density at radius 1 is 1.06 bits per heavy atom. The number of methoxy groups -OCH3 is 1. The van der Waals surface area contributed by atoms with Gasteiger partial charge in [0.2, 0.25) is 23.5 Å². The number of nitrogens with one attached hydrogen (secondary N) is 2. The molecule has 2 heterocycles. The normalized spacial score (nSPS) is 25.7. The van der Waals surface area contributed by atoms with Crippen molar-refractivity contribution in [3.8, 4) is 17.2 Å². The quantitative estimate of drug-likeness (QED) is 0.0408. The predicted octanol–water partition coefficient (Wildman–Crippen LogP) is -0.0285. The second kappa shape index (κ2) is 20.4. The van der Waals surface area contributed by atoms with Crippen LogP contribution >= 0.6 is 11.8 Å². The van der Waals surface area contributed by atoms with Gasteiger partial charge in [-0.15, -0.1) is 11.8 Å². The number of phenolic OH excluding ortho intramolecular Hbond substituents is 2. The molecule has 0 spiro atoms. The number of benzene rings is 2. The number of thioether (sulfide) groups is 1. The molecule has 2 aliphatic heterocycles. The van der Waals surface area contributed by atoms with E-state index < -0.39 is 125 Å². The average Bonchev–Trinajstić information content (AvgIpc) is 3.53. The monoisotopic (exact) mass is 914 g/mol. The minimum absolute atomic E-state index is 0.0435. The van der Waals surface area contributed by atoms with Crippen molar-refractivity contribution >= 4 is 52.8 Å². The number of hydrogen-bond donors (Lipinski definition) is 9. The molecule has 8 atom stereocenters. The first kappa shape index (κ1) is 48.5. The number of imide groups is 1. The number of carbonyl (C=O) groups excluding carboxylic acids is 6. The van der Waals surface area contributed by atoms with Gasteiger partial charge in [0.25, 0.3) is 0 Å². The Morgan fingerprint density at radius 3 is 2.48 bits per heavy atom. The van der Waals surface area contributed by atoms with Gasteiger partial charge in [-0.05, 0) is 51.8 Å². The van der Waals surface area contributed by atoms with Crippen molar-refractivity contribution in [1.82, 2.24) is 15.5 Å². The number of aliphatic carboxylic acids is 1. The molecule has 21 heteroatoms. The number of carboxylic acids is 1. The first-order valence-corrected chi connectivity index (χ1v) is 22.1. The number of hydrogen-bond acceptors (Lipinski definition) is 18. The molecule has 0 saturated carbocycles. The van der Waals surface area contributed by atoms with Crippen molar-refractivity contribution in [2.24, 2.45) is 5.73 Å². The zero-order valence-electron chi connectivity index (χ0n) is 35.4. The highest BCUT2D eigenvalue weighted by Gasteiger charge is 2.50. The van der Waals surface area contributed by atoms with Crippen LogP contribution in [0.5, 0.6) is 17.2 Å². The van der Waals surface area contributed by atoms with Gasteiger partial charge >= 0.3 is 5.97 Å². The number of unbranched alkanes of at least 4 members (excludes halogenated alkanes) is 1. The highest BCUT2D eigenvalue weighted by molar-refractivity contribution is 8.00. The van der Waals surface area contributed by atoms with E-state index in [9.17, 15) is 64.2 Å². The van der Waals surface area contributed by atoms with Gasteiger partial charge in [-0.25, -0.2) is 4.79 Å². The number of Topliss-reactive ketones (excluding diaryl/α,β-unsaturated/α-hetero) is 1. The van der Waals surface area contributed by atoms with Crippen LogP contribution in [0.3, 0.4) is 0 Å². The second-order valence-electron chi connectivity index (χ2n) is 16.4. The van der Waals surface area contributed by atoms with Crippen LogP contribution < -0.4 is 21.1 Å². The third-order valence-corrected chi connectivity index (χ3v) is 13.4.